The molecule has 3 aromatic rings. The van der Waals surface area contributed by atoms with Gasteiger partial charge in [-0.15, -0.1) is 4.09 Å². The average molecular weight is 383 g/mol. The molecule has 1 aliphatic heterocycles. The van der Waals surface area contributed by atoms with E-state index in [9.17, 15) is 13.2 Å². The minimum Gasteiger partial charge on any atom is -0.307 e. The minimum absolute atomic E-state index is 0.116. The van der Waals surface area contributed by atoms with E-state index in [1.807, 2.05) is 13.0 Å². The summed E-state index contributed by atoms with van der Waals surface area (Å²) in [7, 11) is -3.96. The van der Waals surface area contributed by atoms with Gasteiger partial charge in [-0.1, -0.05) is 18.2 Å². The molecule has 0 radical (unpaired) electrons. The Morgan fingerprint density at radius 1 is 1.19 bits per heavy atom. The van der Waals surface area contributed by atoms with Crippen LogP contribution in [0, 0.1) is 6.92 Å². The van der Waals surface area contributed by atoms with Crippen LogP contribution in [0.1, 0.15) is 27.3 Å². The molecule has 4 rings (SSSR count). The zero-order valence-corrected chi connectivity index (χ0v) is 15.3. The largest absolute Gasteiger partial charge is 0.307 e. The number of carbonyl (C=O) groups is 1. The van der Waals surface area contributed by atoms with Crippen molar-refractivity contribution in [2.45, 2.75) is 24.9 Å². The van der Waals surface area contributed by atoms with E-state index >= 15 is 0 Å². The van der Waals surface area contributed by atoms with Crippen LogP contribution in [0.25, 0.3) is 0 Å². The number of pyridine rings is 1. The van der Waals surface area contributed by atoms with Crippen LogP contribution in [-0.2, 0) is 23.1 Å². The summed E-state index contributed by atoms with van der Waals surface area (Å²) in [6, 6.07) is 11.5. The third-order valence-corrected chi connectivity index (χ3v) is 5.84. The average Bonchev–Trinajstić information content (AvgIpc) is 3.25. The Morgan fingerprint density at radius 2 is 2.04 bits per heavy atom. The van der Waals surface area contributed by atoms with Gasteiger partial charge in [0.1, 0.15) is 5.69 Å². The van der Waals surface area contributed by atoms with Crippen molar-refractivity contribution in [3.05, 3.63) is 71.2 Å². The van der Waals surface area contributed by atoms with Crippen LogP contribution in [0.5, 0.6) is 0 Å². The molecule has 8 nitrogen and oxygen atoms in total. The molecule has 2 N–H and O–H groups in total. The Labute approximate surface area is 156 Å². The quantitative estimate of drug-likeness (QED) is 0.710. The van der Waals surface area contributed by atoms with Crippen molar-refractivity contribution in [1.82, 2.24) is 19.5 Å². The van der Waals surface area contributed by atoms with Crippen molar-refractivity contribution in [2.75, 3.05) is 5.32 Å². The molecule has 1 amide bonds. The molecule has 0 aliphatic carbocycles. The highest BCUT2D eigenvalue weighted by atomic mass is 32.2. The first-order valence-electron chi connectivity index (χ1n) is 8.33. The molecule has 2 aromatic heterocycles. The van der Waals surface area contributed by atoms with Crippen molar-refractivity contribution in [2.24, 2.45) is 0 Å². The van der Waals surface area contributed by atoms with Crippen molar-refractivity contribution in [1.29, 1.82) is 0 Å². The molecule has 27 heavy (non-hydrogen) atoms. The van der Waals surface area contributed by atoms with E-state index in [4.69, 9.17) is 0 Å². The highest BCUT2D eigenvalue weighted by Gasteiger charge is 2.30. The lowest BCUT2D eigenvalue weighted by molar-refractivity contribution is 0.102. The van der Waals surface area contributed by atoms with E-state index in [1.54, 1.807) is 30.3 Å². The molecular formula is C18H17N5O3S. The molecule has 0 saturated carbocycles. The number of benzene rings is 1. The number of rotatable bonds is 4. The van der Waals surface area contributed by atoms with Gasteiger partial charge in [-0.2, -0.15) is 13.5 Å². The summed E-state index contributed by atoms with van der Waals surface area (Å²) in [4.78, 5) is 16.7. The summed E-state index contributed by atoms with van der Waals surface area (Å²) in [6.07, 6.45) is 1.50. The lowest BCUT2D eigenvalue weighted by atomic mass is 10.2. The number of nitrogens with one attached hydrogen (secondary N) is 2. The van der Waals surface area contributed by atoms with Crippen LogP contribution in [0.15, 0.2) is 53.6 Å². The molecule has 0 spiro atoms. The molecule has 9 heteroatoms. The van der Waals surface area contributed by atoms with Crippen molar-refractivity contribution < 1.29 is 13.2 Å². The fourth-order valence-corrected chi connectivity index (χ4v) is 4.33. The monoisotopic (exact) mass is 383 g/mol. The van der Waals surface area contributed by atoms with Crippen molar-refractivity contribution in [3.8, 4) is 0 Å². The van der Waals surface area contributed by atoms with Crippen LogP contribution < -0.4 is 10.6 Å². The van der Waals surface area contributed by atoms with Crippen molar-refractivity contribution >= 4 is 21.7 Å². The first-order valence-corrected chi connectivity index (χ1v) is 9.77. The van der Waals surface area contributed by atoms with Gasteiger partial charge < -0.3 is 10.6 Å². The number of nitrogens with zero attached hydrogens (tertiary/aromatic N) is 3. The molecule has 0 bridgehead atoms. The molecule has 0 atom stereocenters. The lowest BCUT2D eigenvalue weighted by Gasteiger charge is -2.12. The number of aromatic nitrogens is 3. The van der Waals surface area contributed by atoms with Gasteiger partial charge in [-0.25, -0.2) is 0 Å². The maximum absolute atomic E-state index is 13.1. The molecule has 1 aromatic carbocycles. The van der Waals surface area contributed by atoms with Crippen LogP contribution in [-0.4, -0.2) is 28.5 Å². The Bertz CT molecular complexity index is 1120. The summed E-state index contributed by atoms with van der Waals surface area (Å²) in [5.74, 6) is -0.349. The second-order valence-electron chi connectivity index (χ2n) is 6.21. The second kappa shape index (κ2) is 6.60. The zero-order chi connectivity index (χ0) is 19.0. The number of hydrogen-bond donors (Lipinski definition) is 2. The molecule has 0 saturated heterocycles. The maximum Gasteiger partial charge on any atom is 0.284 e. The van der Waals surface area contributed by atoms with E-state index in [-0.39, 0.29) is 16.4 Å². The Balaban J connectivity index is 1.80. The summed E-state index contributed by atoms with van der Waals surface area (Å²) < 4.78 is 27.2. The van der Waals surface area contributed by atoms with Crippen LogP contribution in [0.2, 0.25) is 0 Å². The predicted octanol–water partition coefficient (Wildman–Crippen LogP) is 1.68. The predicted molar refractivity (Wildman–Crippen MR) is 98.7 cm³/mol. The van der Waals surface area contributed by atoms with Gasteiger partial charge in [0, 0.05) is 24.8 Å². The molecule has 0 fully saturated rings. The van der Waals surface area contributed by atoms with E-state index in [1.165, 1.54) is 12.3 Å². The SMILES string of the molecule is Cc1cccc(S(=O)(=O)n2nc3c(c2NC(=O)c2ccccn2)CNC3)c1. The number of aryl methyl sites for hydroxylation is 1. The van der Waals surface area contributed by atoms with Gasteiger partial charge in [0.15, 0.2) is 5.82 Å². The van der Waals surface area contributed by atoms with Gasteiger partial charge in [-0.3, -0.25) is 9.78 Å². The lowest BCUT2D eigenvalue weighted by Crippen LogP contribution is -2.23. The number of hydrogen-bond acceptors (Lipinski definition) is 6. The van der Waals surface area contributed by atoms with Gasteiger partial charge in [0.25, 0.3) is 15.9 Å². The van der Waals surface area contributed by atoms with E-state index in [0.29, 0.717) is 24.3 Å². The highest BCUT2D eigenvalue weighted by molar-refractivity contribution is 7.90. The molecular weight excluding hydrogens is 366 g/mol. The third kappa shape index (κ3) is 3.11. The fourth-order valence-electron chi connectivity index (χ4n) is 2.95. The normalized spacial score (nSPS) is 13.4. The fraction of sp³-hybridized carbons (Fsp3) is 0.167. The summed E-state index contributed by atoms with van der Waals surface area (Å²) >= 11 is 0. The first-order chi connectivity index (χ1) is 13.0. The zero-order valence-electron chi connectivity index (χ0n) is 14.5. The summed E-state index contributed by atoms with van der Waals surface area (Å²) in [5.41, 5.74) is 2.27. The maximum atomic E-state index is 13.1. The topological polar surface area (TPSA) is 106 Å². The Kier molecular flexibility index (Phi) is 4.25. The van der Waals surface area contributed by atoms with Crippen LogP contribution in [0.3, 0.4) is 0 Å². The highest BCUT2D eigenvalue weighted by Crippen LogP contribution is 2.28. The van der Waals surface area contributed by atoms with Crippen molar-refractivity contribution in [3.63, 3.8) is 0 Å². The number of fused-ring (bicyclic) bond motifs is 1. The molecule has 3 heterocycles. The standard InChI is InChI=1S/C18H17N5O3S/c1-12-5-4-6-13(9-12)27(25,26)23-17(14-10-19-11-16(14)22-23)21-18(24)15-7-2-3-8-20-15/h2-9,19H,10-11H2,1H3,(H,21,24). The molecule has 1 aliphatic rings. The van der Waals surface area contributed by atoms with E-state index in [2.05, 4.69) is 20.7 Å². The third-order valence-electron chi connectivity index (χ3n) is 4.28. The number of amides is 1. The first kappa shape index (κ1) is 17.4. The Morgan fingerprint density at radius 3 is 2.78 bits per heavy atom. The molecule has 138 valence electrons. The van der Waals surface area contributed by atoms with Gasteiger partial charge in [0.2, 0.25) is 0 Å². The Hall–Kier alpha value is -3.04. The molecule has 0 unspecified atom stereocenters. The van der Waals surface area contributed by atoms with Gasteiger partial charge >= 0.3 is 0 Å². The minimum atomic E-state index is -3.96. The second-order valence-corrected chi connectivity index (χ2v) is 7.98. The summed E-state index contributed by atoms with van der Waals surface area (Å²) in [5, 5.41) is 10.0. The number of carbonyl (C=O) groups excluding carboxylic acids is 1. The van der Waals surface area contributed by atoms with E-state index < -0.39 is 15.9 Å². The summed E-state index contributed by atoms with van der Waals surface area (Å²) in [6.45, 7) is 2.68. The number of anilines is 1. The van der Waals surface area contributed by atoms with Crippen LogP contribution >= 0.6 is 0 Å². The van der Waals surface area contributed by atoms with Gasteiger partial charge in [-0.05, 0) is 36.8 Å². The van der Waals surface area contributed by atoms with Crippen LogP contribution in [0.4, 0.5) is 5.82 Å². The van der Waals surface area contributed by atoms with Gasteiger partial charge in [0.05, 0.1) is 10.6 Å². The van der Waals surface area contributed by atoms with E-state index in [0.717, 1.165) is 9.65 Å². The smallest absolute Gasteiger partial charge is 0.284 e.